The van der Waals surface area contributed by atoms with Gasteiger partial charge in [0, 0.05) is 25.1 Å². The highest BCUT2D eigenvalue weighted by atomic mass is 35.5. The Morgan fingerprint density at radius 2 is 1.79 bits per heavy atom. The van der Waals surface area contributed by atoms with E-state index in [1.165, 1.54) is 6.07 Å². The van der Waals surface area contributed by atoms with Crippen molar-refractivity contribution in [3.63, 3.8) is 0 Å². The van der Waals surface area contributed by atoms with Crippen molar-refractivity contribution in [2.75, 3.05) is 18.8 Å². The number of nitrogen functional groups attached to an aromatic ring is 1. The molecule has 0 radical (unpaired) electrons. The number of nitrogens with zero attached hydrogens (tertiary/aromatic N) is 3. The molecule has 8 N–H and O–H groups in total. The Bertz CT molecular complexity index is 775. The molecule has 29 heavy (non-hydrogen) atoms. The number of amides is 1. The van der Waals surface area contributed by atoms with E-state index in [2.05, 4.69) is 21.4 Å². The summed E-state index contributed by atoms with van der Waals surface area (Å²) in [6.07, 6.45) is 1.19. The molecular formula is C18H26ClN7O3. The maximum Gasteiger partial charge on any atom is 0.410 e. The van der Waals surface area contributed by atoms with E-state index in [0.717, 1.165) is 24.1 Å². The number of benzene rings is 1. The van der Waals surface area contributed by atoms with Crippen molar-refractivity contribution in [2.24, 2.45) is 11.5 Å². The molecule has 0 aliphatic carbocycles. The Balaban J connectivity index is 0.000000771. The monoisotopic (exact) mass is 423 g/mol. The average molecular weight is 424 g/mol. The second kappa shape index (κ2) is 11.5. The van der Waals surface area contributed by atoms with Gasteiger partial charge in [-0.25, -0.2) is 9.78 Å². The van der Waals surface area contributed by atoms with Crippen LogP contribution in [0.15, 0.2) is 36.4 Å². The zero-order valence-electron chi connectivity index (χ0n) is 15.8. The van der Waals surface area contributed by atoms with E-state index in [9.17, 15) is 9.90 Å². The number of likely N-dealkylation sites (tertiary alicyclic amines) is 1. The highest BCUT2D eigenvalue weighted by molar-refractivity contribution is 5.85. The predicted octanol–water partition coefficient (Wildman–Crippen LogP) is 1.54. The first kappa shape index (κ1) is 23.8. The number of carbonyl (C=O) groups excluding carboxylic acids is 1. The summed E-state index contributed by atoms with van der Waals surface area (Å²) in [6, 6.07) is 11.1. The summed E-state index contributed by atoms with van der Waals surface area (Å²) in [5, 5.41) is 15.6. The summed E-state index contributed by atoms with van der Waals surface area (Å²) in [5.41, 5.74) is 16.2. The number of nitrogens with two attached hydrogens (primary N) is 3. The van der Waals surface area contributed by atoms with Gasteiger partial charge < -0.3 is 31.9 Å². The predicted molar refractivity (Wildman–Crippen MR) is 112 cm³/mol. The zero-order valence-corrected chi connectivity index (χ0v) is 16.6. The van der Waals surface area contributed by atoms with Gasteiger partial charge in [0.2, 0.25) is 11.8 Å². The van der Waals surface area contributed by atoms with Crippen LogP contribution in [-0.4, -0.2) is 45.1 Å². The van der Waals surface area contributed by atoms with Crippen LogP contribution < -0.4 is 17.2 Å². The highest BCUT2D eigenvalue weighted by Gasteiger charge is 2.26. The third-order valence-electron chi connectivity index (χ3n) is 4.13. The largest absolute Gasteiger partial charge is 0.493 e. The summed E-state index contributed by atoms with van der Waals surface area (Å²) in [5.74, 6) is -0.240. The number of anilines is 1. The van der Waals surface area contributed by atoms with E-state index in [1.807, 2.05) is 30.3 Å². The number of carbonyl (C=O) groups is 1. The molecule has 1 fully saturated rings. The van der Waals surface area contributed by atoms with Crippen LogP contribution in [0.1, 0.15) is 30.0 Å². The van der Waals surface area contributed by atoms with Crippen LogP contribution in [-0.2, 0) is 11.3 Å². The normalized spacial score (nSPS) is 13.4. The summed E-state index contributed by atoms with van der Waals surface area (Å²) >= 11 is 0. The van der Waals surface area contributed by atoms with Crippen LogP contribution in [0.5, 0.6) is 5.88 Å². The lowest BCUT2D eigenvalue weighted by molar-refractivity contribution is 0.0868. The van der Waals surface area contributed by atoms with Gasteiger partial charge in [-0.05, 0) is 18.4 Å². The molecule has 0 saturated carbocycles. The van der Waals surface area contributed by atoms with Crippen LogP contribution in [0, 0.1) is 5.41 Å². The Kier molecular flexibility index (Phi) is 9.46. The Hall–Kier alpha value is -3.27. The van der Waals surface area contributed by atoms with E-state index in [1.54, 1.807) is 4.90 Å². The zero-order chi connectivity index (χ0) is 20.5. The number of piperidine rings is 1. The molecule has 11 heteroatoms. The van der Waals surface area contributed by atoms with Gasteiger partial charge in [0.25, 0.3) is 0 Å². The number of aromatic hydroxyl groups is 1. The molecule has 1 aromatic heterocycles. The molecule has 1 saturated heterocycles. The molecule has 1 aliphatic heterocycles. The van der Waals surface area contributed by atoms with Gasteiger partial charge in [-0.15, -0.1) is 12.4 Å². The standard InChI is InChI=1S/C17H20N4O3.CH5N3.ClH/c18-16-19-14(10-15(22)20-16)13-6-8-21(9-7-13)17(23)24-11-12-4-2-1-3-5-12;2-1(3)4;/h1-5,10,13H,6-9,11H2,(H3,18,19,20,22);(H5,2,3,4);1H. The summed E-state index contributed by atoms with van der Waals surface area (Å²) in [7, 11) is 0. The maximum atomic E-state index is 12.1. The summed E-state index contributed by atoms with van der Waals surface area (Å²) < 4.78 is 5.35. The fourth-order valence-corrected chi connectivity index (χ4v) is 2.85. The minimum Gasteiger partial charge on any atom is -0.493 e. The molecule has 1 aromatic carbocycles. The van der Waals surface area contributed by atoms with Gasteiger partial charge in [-0.2, -0.15) is 4.98 Å². The number of hydrogen-bond donors (Lipinski definition) is 5. The third-order valence-corrected chi connectivity index (χ3v) is 4.13. The van der Waals surface area contributed by atoms with Gasteiger partial charge in [0.1, 0.15) is 6.61 Å². The Morgan fingerprint density at radius 3 is 2.34 bits per heavy atom. The molecular weight excluding hydrogens is 398 g/mol. The van der Waals surface area contributed by atoms with Crippen LogP contribution >= 0.6 is 12.4 Å². The lowest BCUT2D eigenvalue weighted by Crippen LogP contribution is -2.38. The van der Waals surface area contributed by atoms with Gasteiger partial charge >= 0.3 is 6.09 Å². The van der Waals surface area contributed by atoms with Crippen LogP contribution in [0.25, 0.3) is 0 Å². The molecule has 3 rings (SSSR count). The number of aromatic nitrogens is 2. The summed E-state index contributed by atoms with van der Waals surface area (Å²) in [4.78, 5) is 21.7. The molecule has 0 unspecified atom stereocenters. The van der Waals surface area contributed by atoms with Crippen molar-refractivity contribution in [2.45, 2.75) is 25.4 Å². The molecule has 158 valence electrons. The van der Waals surface area contributed by atoms with Crippen molar-refractivity contribution in [3.05, 3.63) is 47.7 Å². The molecule has 2 aromatic rings. The van der Waals surface area contributed by atoms with Crippen molar-refractivity contribution in [1.29, 1.82) is 5.41 Å². The van der Waals surface area contributed by atoms with Crippen molar-refractivity contribution >= 4 is 30.4 Å². The first-order valence-corrected chi connectivity index (χ1v) is 8.73. The van der Waals surface area contributed by atoms with Crippen molar-refractivity contribution in [1.82, 2.24) is 14.9 Å². The van der Waals surface area contributed by atoms with E-state index in [4.69, 9.17) is 15.9 Å². The third kappa shape index (κ3) is 8.09. The smallest absolute Gasteiger partial charge is 0.410 e. The van der Waals surface area contributed by atoms with Crippen LogP contribution in [0.4, 0.5) is 10.7 Å². The number of halogens is 1. The molecule has 10 nitrogen and oxygen atoms in total. The molecule has 0 spiro atoms. The summed E-state index contributed by atoms with van der Waals surface area (Å²) in [6.45, 7) is 1.45. The molecule has 2 heterocycles. The van der Waals surface area contributed by atoms with Crippen LogP contribution in [0.3, 0.4) is 0 Å². The van der Waals surface area contributed by atoms with Gasteiger partial charge in [-0.1, -0.05) is 30.3 Å². The van der Waals surface area contributed by atoms with E-state index in [-0.39, 0.29) is 48.8 Å². The second-order valence-electron chi connectivity index (χ2n) is 6.27. The minimum absolute atomic E-state index is 0. The SMILES string of the molecule is Cl.N=C(N)N.Nc1nc(O)cc(C2CCN(C(=O)OCc3ccccc3)CC2)n1. The van der Waals surface area contributed by atoms with Gasteiger partial charge in [-0.3, -0.25) is 5.41 Å². The molecule has 1 aliphatic rings. The molecule has 0 atom stereocenters. The fraction of sp³-hybridized carbons (Fsp3) is 0.333. The fourth-order valence-electron chi connectivity index (χ4n) is 2.85. The number of rotatable bonds is 3. The number of hydrogen-bond acceptors (Lipinski definition) is 7. The maximum absolute atomic E-state index is 12.1. The number of nitrogens with one attached hydrogen (secondary N) is 1. The Morgan fingerprint density at radius 1 is 1.21 bits per heavy atom. The quantitative estimate of drug-likeness (QED) is 0.364. The molecule has 0 bridgehead atoms. The first-order valence-electron chi connectivity index (χ1n) is 8.73. The number of ether oxygens (including phenoxy) is 1. The van der Waals surface area contributed by atoms with Crippen molar-refractivity contribution < 1.29 is 14.6 Å². The van der Waals surface area contributed by atoms with Gasteiger partial charge in [0.05, 0.1) is 5.69 Å². The Labute approximate surface area is 175 Å². The van der Waals surface area contributed by atoms with Crippen LogP contribution in [0.2, 0.25) is 0 Å². The van der Waals surface area contributed by atoms with Crippen molar-refractivity contribution in [3.8, 4) is 5.88 Å². The lowest BCUT2D eigenvalue weighted by Gasteiger charge is -2.31. The second-order valence-corrected chi connectivity index (χ2v) is 6.27. The lowest BCUT2D eigenvalue weighted by atomic mass is 9.93. The highest BCUT2D eigenvalue weighted by Crippen LogP contribution is 2.28. The average Bonchev–Trinajstić information content (AvgIpc) is 2.66. The topological polar surface area (TPSA) is 177 Å². The number of guanidine groups is 1. The van der Waals surface area contributed by atoms with E-state index >= 15 is 0 Å². The minimum atomic E-state index is -0.333. The molecule has 1 amide bonds. The first-order chi connectivity index (χ1) is 13.3. The van der Waals surface area contributed by atoms with Gasteiger partial charge in [0.15, 0.2) is 5.96 Å². The van der Waals surface area contributed by atoms with E-state index in [0.29, 0.717) is 13.1 Å². The van der Waals surface area contributed by atoms with E-state index < -0.39 is 0 Å².